The van der Waals surface area contributed by atoms with E-state index in [1.54, 1.807) is 72.8 Å². The van der Waals surface area contributed by atoms with Gasteiger partial charge in [0.2, 0.25) is 66.1 Å². The van der Waals surface area contributed by atoms with Crippen LogP contribution in [0.15, 0.2) is 97.1 Å². The first kappa shape index (κ1) is 48.8. The Morgan fingerprint density at radius 3 is 0.829 bits per heavy atom. The van der Waals surface area contributed by atoms with Crippen LogP contribution in [0.25, 0.3) is 0 Å². The SMILES string of the molecule is CC1(C)CC(=O)C(c2ccc(Nc3nc(Cl)nc(Cl)n3)cc2)(c2ccc(Nc3nc(Cl)nc(Cl)n3)cc2)C(=O)C1(c1ccc(Nc2nc(Cl)nc(Cl)n2)cc1)c1ccc(Nc2nc(Cl)nc(Cl)n2)cc1. The summed E-state index contributed by atoms with van der Waals surface area (Å²) in [6.07, 6.45) is -0.0911. The lowest BCUT2D eigenvalue weighted by molar-refractivity contribution is -0.146. The second-order valence-electron chi connectivity index (χ2n) is 15.9. The number of aromatic nitrogens is 12. The van der Waals surface area contributed by atoms with Gasteiger partial charge in [0.05, 0.1) is 5.41 Å². The van der Waals surface area contributed by atoms with E-state index in [1.807, 2.05) is 38.1 Å². The predicted octanol–water partition coefficient (Wildman–Crippen LogP) is 11.5. The van der Waals surface area contributed by atoms with Crippen LogP contribution in [0.1, 0.15) is 42.5 Å². The summed E-state index contributed by atoms with van der Waals surface area (Å²) in [5.74, 6) is -0.496. The average molecular weight is 1100 g/mol. The van der Waals surface area contributed by atoms with E-state index in [1.165, 1.54) is 0 Å². The topological polar surface area (TPSA) is 237 Å². The first-order valence-corrected chi connectivity index (χ1v) is 23.3. The molecular weight excluding hydrogens is 1070 g/mol. The Morgan fingerprint density at radius 2 is 0.586 bits per heavy atom. The standard InChI is InChI=1S/C44H28Cl8N16O2/c1-42(2)19-28(69)43(20-3-11-24(12-4-20)53-38-61-30(45)57-31(46)62-38,21-5-13-25(14-6-21)54-39-63-32(47)58-33(48)64-39)29(70)44(42,22-7-15-26(16-8-22)55-40-65-34(49)59-35(50)66-40)23-9-17-27(18-10-23)56-41-67-36(51)60-37(52)68-41/h3-18H,19H2,1-2H3,(H,53,57,61,62)(H,54,58,63,64)(H,55,59,65,66)(H,56,60,67,68). The molecule has 0 unspecified atom stereocenters. The number of rotatable bonds is 12. The Kier molecular flexibility index (Phi) is 13.6. The molecule has 26 heteroatoms. The molecule has 0 saturated heterocycles. The number of carbonyl (C=O) groups is 2. The second kappa shape index (κ2) is 19.5. The third-order valence-corrected chi connectivity index (χ3v) is 12.7. The summed E-state index contributed by atoms with van der Waals surface area (Å²) in [6, 6.07) is 27.8. The molecule has 0 amide bonds. The van der Waals surface area contributed by atoms with Gasteiger partial charge in [-0.3, -0.25) is 9.59 Å². The fourth-order valence-electron chi connectivity index (χ4n) is 8.60. The first-order chi connectivity index (χ1) is 33.4. The van der Waals surface area contributed by atoms with Gasteiger partial charge in [-0.05, 0) is 169 Å². The van der Waals surface area contributed by atoms with Crippen molar-refractivity contribution in [3.63, 3.8) is 0 Å². The number of halogens is 8. The molecule has 0 radical (unpaired) electrons. The molecule has 0 bridgehead atoms. The van der Waals surface area contributed by atoms with Crippen LogP contribution in [0.3, 0.4) is 0 Å². The summed E-state index contributed by atoms with van der Waals surface area (Å²) >= 11 is 48.6. The fraction of sp³-hybridized carbons (Fsp3) is 0.136. The lowest BCUT2D eigenvalue weighted by atomic mass is 9.43. The van der Waals surface area contributed by atoms with Crippen LogP contribution in [0.4, 0.5) is 46.5 Å². The van der Waals surface area contributed by atoms with Gasteiger partial charge in [-0.1, -0.05) is 62.4 Å². The Bertz CT molecular complexity index is 3050. The van der Waals surface area contributed by atoms with Crippen molar-refractivity contribution >= 4 is 151 Å². The number of nitrogens with zero attached hydrogens (tertiary/aromatic N) is 12. The van der Waals surface area contributed by atoms with E-state index < -0.39 is 22.0 Å². The number of hydrogen-bond donors (Lipinski definition) is 4. The lowest BCUT2D eigenvalue weighted by Crippen LogP contribution is -2.65. The predicted molar refractivity (Wildman–Crippen MR) is 268 cm³/mol. The summed E-state index contributed by atoms with van der Waals surface area (Å²) in [5, 5.41) is 11.4. The van der Waals surface area contributed by atoms with E-state index >= 15 is 9.59 Å². The maximum Gasteiger partial charge on any atom is 0.232 e. The monoisotopic (exact) mass is 1090 g/mol. The highest BCUT2D eigenvalue weighted by Gasteiger charge is 2.67. The number of hydrogen-bond acceptors (Lipinski definition) is 18. The maximum absolute atomic E-state index is 16.9. The summed E-state index contributed by atoms with van der Waals surface area (Å²) in [5.41, 5.74) is -0.780. The third-order valence-electron chi connectivity index (χ3n) is 11.3. The van der Waals surface area contributed by atoms with Crippen molar-refractivity contribution in [1.29, 1.82) is 0 Å². The van der Waals surface area contributed by atoms with Gasteiger partial charge >= 0.3 is 0 Å². The van der Waals surface area contributed by atoms with Gasteiger partial charge < -0.3 is 21.3 Å². The molecule has 1 saturated carbocycles. The minimum atomic E-state index is -1.96. The highest BCUT2D eigenvalue weighted by molar-refractivity contribution is 6.32. The third kappa shape index (κ3) is 9.65. The van der Waals surface area contributed by atoms with Crippen molar-refractivity contribution < 1.29 is 9.59 Å². The largest absolute Gasteiger partial charge is 0.324 e. The van der Waals surface area contributed by atoms with Gasteiger partial charge in [-0.2, -0.15) is 59.8 Å². The van der Waals surface area contributed by atoms with E-state index in [2.05, 4.69) is 81.1 Å². The molecule has 18 nitrogen and oxygen atoms in total. The van der Waals surface area contributed by atoms with Crippen LogP contribution < -0.4 is 21.3 Å². The molecule has 4 N–H and O–H groups in total. The zero-order chi connectivity index (χ0) is 49.5. The number of nitrogens with one attached hydrogen (secondary N) is 4. The molecule has 4 aromatic carbocycles. The molecule has 70 heavy (non-hydrogen) atoms. The number of carbonyl (C=O) groups excluding carboxylic acids is 2. The van der Waals surface area contributed by atoms with Gasteiger partial charge in [-0.15, -0.1) is 0 Å². The van der Waals surface area contributed by atoms with Crippen molar-refractivity contribution in [3.8, 4) is 0 Å². The molecule has 1 fully saturated rings. The Labute approximate surface area is 436 Å². The number of Topliss-reactive ketones (excluding diaryl/α,β-unsaturated/α-hetero) is 2. The first-order valence-electron chi connectivity index (χ1n) is 20.3. The summed E-state index contributed by atoms with van der Waals surface area (Å²) < 4.78 is 0. The molecule has 0 atom stereocenters. The van der Waals surface area contributed by atoms with Crippen molar-refractivity contribution in [3.05, 3.63) is 162 Å². The van der Waals surface area contributed by atoms with Crippen LogP contribution >= 0.6 is 92.8 Å². The van der Waals surface area contributed by atoms with Crippen LogP contribution in [-0.2, 0) is 20.4 Å². The van der Waals surface area contributed by atoms with Gasteiger partial charge in [-0.25, -0.2) is 0 Å². The highest BCUT2D eigenvalue weighted by Crippen LogP contribution is 2.60. The lowest BCUT2D eigenvalue weighted by Gasteiger charge is -2.55. The molecule has 1 aliphatic rings. The average Bonchev–Trinajstić information content (AvgIpc) is 3.27. The number of benzene rings is 4. The Balaban J connectivity index is 1.22. The quantitative estimate of drug-likeness (QED) is 0.0832. The zero-order valence-corrected chi connectivity index (χ0v) is 41.7. The minimum absolute atomic E-state index is 0.0705. The number of ketones is 2. The van der Waals surface area contributed by atoms with E-state index in [-0.39, 0.29) is 78.3 Å². The van der Waals surface area contributed by atoms with E-state index in [9.17, 15) is 0 Å². The van der Waals surface area contributed by atoms with E-state index in [0.717, 1.165) is 0 Å². The van der Waals surface area contributed by atoms with Crippen molar-refractivity contribution in [2.75, 3.05) is 21.3 Å². The van der Waals surface area contributed by atoms with Crippen LogP contribution in [-0.4, -0.2) is 71.4 Å². The van der Waals surface area contributed by atoms with Gasteiger partial charge in [0, 0.05) is 29.2 Å². The molecule has 8 aromatic rings. The molecule has 4 heterocycles. The highest BCUT2D eigenvalue weighted by atomic mass is 35.5. The summed E-state index contributed by atoms with van der Waals surface area (Å²) in [4.78, 5) is 80.6. The van der Waals surface area contributed by atoms with Crippen molar-refractivity contribution in [1.82, 2.24) is 59.8 Å². The maximum atomic E-state index is 16.9. The zero-order valence-electron chi connectivity index (χ0n) is 35.7. The molecular formula is C44H28Cl8N16O2. The fourth-order valence-corrected chi connectivity index (χ4v) is 10.1. The van der Waals surface area contributed by atoms with Crippen molar-refractivity contribution in [2.45, 2.75) is 31.1 Å². The van der Waals surface area contributed by atoms with Gasteiger partial charge in [0.1, 0.15) is 5.41 Å². The molecule has 4 aromatic heterocycles. The van der Waals surface area contributed by atoms with Crippen LogP contribution in [0.5, 0.6) is 0 Å². The smallest absolute Gasteiger partial charge is 0.232 e. The Morgan fingerprint density at radius 1 is 0.357 bits per heavy atom. The minimum Gasteiger partial charge on any atom is -0.324 e. The number of anilines is 8. The summed E-state index contributed by atoms with van der Waals surface area (Å²) in [6.45, 7) is 3.79. The van der Waals surface area contributed by atoms with Gasteiger partial charge in [0.15, 0.2) is 11.6 Å². The van der Waals surface area contributed by atoms with Gasteiger partial charge in [0.25, 0.3) is 0 Å². The molecule has 0 aliphatic heterocycles. The second-order valence-corrected chi connectivity index (χ2v) is 18.6. The van der Waals surface area contributed by atoms with Crippen LogP contribution in [0, 0.1) is 5.41 Å². The molecule has 1 aliphatic carbocycles. The Hall–Kier alpha value is -6.22. The van der Waals surface area contributed by atoms with Crippen LogP contribution in [0.2, 0.25) is 42.3 Å². The van der Waals surface area contributed by atoms with Crippen molar-refractivity contribution in [2.24, 2.45) is 5.41 Å². The normalized spacial score (nSPS) is 14.8. The molecule has 0 spiro atoms. The molecule has 352 valence electrons. The van der Waals surface area contributed by atoms with E-state index in [0.29, 0.717) is 45.0 Å². The van der Waals surface area contributed by atoms with E-state index in [4.69, 9.17) is 92.8 Å². The summed E-state index contributed by atoms with van der Waals surface area (Å²) in [7, 11) is 0. The molecule has 9 rings (SSSR count).